The molecule has 0 spiro atoms. The molecular formula is C12H23N3O3. The zero-order valence-electron chi connectivity index (χ0n) is 11.1. The van der Waals surface area contributed by atoms with Crippen molar-refractivity contribution in [1.29, 1.82) is 0 Å². The molecule has 2 atom stereocenters. The molecule has 0 aliphatic carbocycles. The maximum absolute atomic E-state index is 11.8. The minimum Gasteiger partial charge on any atom is -0.480 e. The van der Waals surface area contributed by atoms with Crippen LogP contribution >= 0.6 is 0 Å². The number of carboxylic acids is 1. The van der Waals surface area contributed by atoms with Gasteiger partial charge in [-0.2, -0.15) is 0 Å². The monoisotopic (exact) mass is 257 g/mol. The summed E-state index contributed by atoms with van der Waals surface area (Å²) in [7, 11) is 0. The fraction of sp³-hybridized carbons (Fsp3) is 0.833. The molecule has 0 aromatic heterocycles. The number of piperazine rings is 1. The Bertz CT molecular complexity index is 299. The SMILES string of the molecule is CC(N)CCC(=O)N1CCN(C(C)C(=O)O)CC1. The number of aliphatic carboxylic acids is 1. The van der Waals surface area contributed by atoms with Crippen LogP contribution < -0.4 is 5.73 Å². The Balaban J connectivity index is 2.35. The number of nitrogens with two attached hydrogens (primary N) is 1. The third-order valence-electron chi connectivity index (χ3n) is 3.39. The fourth-order valence-electron chi connectivity index (χ4n) is 2.02. The molecular weight excluding hydrogens is 234 g/mol. The molecule has 1 aliphatic rings. The molecule has 1 saturated heterocycles. The summed E-state index contributed by atoms with van der Waals surface area (Å²) in [5.74, 6) is -0.693. The molecule has 0 aromatic rings. The Morgan fingerprint density at radius 1 is 1.22 bits per heavy atom. The Labute approximate surface area is 108 Å². The number of amides is 1. The quantitative estimate of drug-likeness (QED) is 0.708. The lowest BCUT2D eigenvalue weighted by molar-refractivity contribution is -0.144. The molecule has 6 nitrogen and oxygen atoms in total. The van der Waals surface area contributed by atoms with Crippen LogP contribution in [-0.4, -0.2) is 65.0 Å². The highest BCUT2D eigenvalue weighted by molar-refractivity contribution is 5.76. The van der Waals surface area contributed by atoms with Crippen molar-refractivity contribution in [2.75, 3.05) is 26.2 Å². The Morgan fingerprint density at radius 3 is 2.22 bits per heavy atom. The predicted molar refractivity (Wildman–Crippen MR) is 68.1 cm³/mol. The number of rotatable bonds is 5. The van der Waals surface area contributed by atoms with Crippen molar-refractivity contribution in [2.24, 2.45) is 5.73 Å². The van der Waals surface area contributed by atoms with E-state index in [0.717, 1.165) is 0 Å². The van der Waals surface area contributed by atoms with E-state index in [2.05, 4.69) is 0 Å². The highest BCUT2D eigenvalue weighted by atomic mass is 16.4. The summed E-state index contributed by atoms with van der Waals surface area (Å²) in [6.45, 7) is 6.02. The first-order valence-corrected chi connectivity index (χ1v) is 6.42. The predicted octanol–water partition coefficient (Wildman–Crippen LogP) is -0.269. The van der Waals surface area contributed by atoms with Crippen molar-refractivity contribution < 1.29 is 14.7 Å². The first-order valence-electron chi connectivity index (χ1n) is 6.42. The fourth-order valence-corrected chi connectivity index (χ4v) is 2.02. The number of hydrogen-bond acceptors (Lipinski definition) is 4. The molecule has 18 heavy (non-hydrogen) atoms. The summed E-state index contributed by atoms with van der Waals surface area (Å²) < 4.78 is 0. The molecule has 0 aromatic carbocycles. The molecule has 0 radical (unpaired) electrons. The van der Waals surface area contributed by atoms with E-state index in [1.165, 1.54) is 0 Å². The Hall–Kier alpha value is -1.14. The van der Waals surface area contributed by atoms with Crippen LogP contribution in [0.4, 0.5) is 0 Å². The van der Waals surface area contributed by atoms with Crippen molar-refractivity contribution in [3.8, 4) is 0 Å². The van der Waals surface area contributed by atoms with Gasteiger partial charge in [-0.15, -0.1) is 0 Å². The van der Waals surface area contributed by atoms with E-state index in [0.29, 0.717) is 39.0 Å². The molecule has 0 saturated carbocycles. The zero-order valence-corrected chi connectivity index (χ0v) is 11.1. The van der Waals surface area contributed by atoms with Crippen LogP contribution in [0.5, 0.6) is 0 Å². The average molecular weight is 257 g/mol. The number of carbonyl (C=O) groups is 2. The highest BCUT2D eigenvalue weighted by Crippen LogP contribution is 2.09. The summed E-state index contributed by atoms with van der Waals surface area (Å²) in [5, 5.41) is 8.92. The maximum Gasteiger partial charge on any atom is 0.320 e. The van der Waals surface area contributed by atoms with Gasteiger partial charge < -0.3 is 15.7 Å². The minimum atomic E-state index is -0.813. The maximum atomic E-state index is 11.8. The average Bonchev–Trinajstić information content (AvgIpc) is 2.35. The third-order valence-corrected chi connectivity index (χ3v) is 3.39. The molecule has 1 fully saturated rings. The van der Waals surface area contributed by atoms with Gasteiger partial charge in [0.2, 0.25) is 5.91 Å². The van der Waals surface area contributed by atoms with E-state index in [1.54, 1.807) is 11.8 Å². The highest BCUT2D eigenvalue weighted by Gasteiger charge is 2.26. The first kappa shape index (κ1) is 14.9. The lowest BCUT2D eigenvalue weighted by Gasteiger charge is -2.36. The second kappa shape index (κ2) is 6.70. The molecule has 0 bridgehead atoms. The normalized spacial score (nSPS) is 20.5. The number of nitrogens with zero attached hydrogens (tertiary/aromatic N) is 2. The van der Waals surface area contributed by atoms with Crippen LogP contribution in [-0.2, 0) is 9.59 Å². The largest absolute Gasteiger partial charge is 0.480 e. The van der Waals surface area contributed by atoms with E-state index in [1.807, 2.05) is 11.8 Å². The van der Waals surface area contributed by atoms with E-state index in [-0.39, 0.29) is 11.9 Å². The van der Waals surface area contributed by atoms with Crippen LogP contribution in [0.3, 0.4) is 0 Å². The molecule has 104 valence electrons. The van der Waals surface area contributed by atoms with Gasteiger partial charge in [0.15, 0.2) is 0 Å². The van der Waals surface area contributed by atoms with Gasteiger partial charge in [0.25, 0.3) is 0 Å². The van der Waals surface area contributed by atoms with Crippen molar-refractivity contribution in [1.82, 2.24) is 9.80 Å². The standard InChI is InChI=1S/C12H23N3O3/c1-9(13)3-4-11(16)15-7-5-14(6-8-15)10(2)12(17)18/h9-10H,3-8,13H2,1-2H3,(H,17,18). The van der Waals surface area contributed by atoms with Gasteiger partial charge in [0.1, 0.15) is 6.04 Å². The second-order valence-electron chi connectivity index (χ2n) is 4.95. The van der Waals surface area contributed by atoms with Crippen LogP contribution in [0.1, 0.15) is 26.7 Å². The summed E-state index contributed by atoms with van der Waals surface area (Å²) >= 11 is 0. The lowest BCUT2D eigenvalue weighted by atomic mass is 10.1. The topological polar surface area (TPSA) is 86.9 Å². The van der Waals surface area contributed by atoms with Gasteiger partial charge >= 0.3 is 5.97 Å². The lowest BCUT2D eigenvalue weighted by Crippen LogP contribution is -2.53. The van der Waals surface area contributed by atoms with Gasteiger partial charge in [0, 0.05) is 38.6 Å². The summed E-state index contributed by atoms with van der Waals surface area (Å²) in [6, 6.07) is -0.436. The van der Waals surface area contributed by atoms with Gasteiger partial charge in [-0.3, -0.25) is 14.5 Å². The molecule has 3 N–H and O–H groups in total. The number of hydrogen-bond donors (Lipinski definition) is 2. The minimum absolute atomic E-state index is 0.0438. The van der Waals surface area contributed by atoms with Crippen molar-refractivity contribution in [3.63, 3.8) is 0 Å². The van der Waals surface area contributed by atoms with Gasteiger partial charge in [-0.1, -0.05) is 0 Å². The van der Waals surface area contributed by atoms with Gasteiger partial charge in [0.05, 0.1) is 0 Å². The summed E-state index contributed by atoms with van der Waals surface area (Å²) in [6.07, 6.45) is 1.18. The zero-order chi connectivity index (χ0) is 13.7. The van der Waals surface area contributed by atoms with Crippen molar-refractivity contribution in [3.05, 3.63) is 0 Å². The summed E-state index contributed by atoms with van der Waals surface area (Å²) in [5.41, 5.74) is 5.62. The van der Waals surface area contributed by atoms with Crippen LogP contribution in [0.25, 0.3) is 0 Å². The van der Waals surface area contributed by atoms with Crippen molar-refractivity contribution >= 4 is 11.9 Å². The number of carboxylic acid groups (broad SMARTS) is 1. The molecule has 1 aliphatic heterocycles. The Kier molecular flexibility index (Phi) is 5.55. The number of carbonyl (C=O) groups excluding carboxylic acids is 1. The molecule has 6 heteroatoms. The Morgan fingerprint density at radius 2 is 1.78 bits per heavy atom. The second-order valence-corrected chi connectivity index (χ2v) is 4.95. The summed E-state index contributed by atoms with van der Waals surface area (Å²) in [4.78, 5) is 26.4. The van der Waals surface area contributed by atoms with E-state index < -0.39 is 12.0 Å². The van der Waals surface area contributed by atoms with Gasteiger partial charge in [-0.05, 0) is 20.3 Å². The molecule has 1 heterocycles. The van der Waals surface area contributed by atoms with E-state index >= 15 is 0 Å². The first-order chi connectivity index (χ1) is 8.41. The van der Waals surface area contributed by atoms with Crippen LogP contribution in [0.15, 0.2) is 0 Å². The van der Waals surface area contributed by atoms with Gasteiger partial charge in [-0.25, -0.2) is 0 Å². The molecule has 1 rings (SSSR count). The van der Waals surface area contributed by atoms with Crippen LogP contribution in [0, 0.1) is 0 Å². The van der Waals surface area contributed by atoms with E-state index in [9.17, 15) is 9.59 Å². The smallest absolute Gasteiger partial charge is 0.320 e. The molecule has 2 unspecified atom stereocenters. The van der Waals surface area contributed by atoms with Crippen molar-refractivity contribution in [2.45, 2.75) is 38.8 Å². The third kappa shape index (κ3) is 4.27. The van der Waals surface area contributed by atoms with Crippen LogP contribution in [0.2, 0.25) is 0 Å². The van der Waals surface area contributed by atoms with E-state index in [4.69, 9.17) is 10.8 Å². The molecule has 1 amide bonds.